The third-order valence-corrected chi connectivity index (χ3v) is 5.59. The lowest BCUT2D eigenvalue weighted by molar-refractivity contribution is -0.148. The van der Waals surface area contributed by atoms with Crippen LogP contribution in [0, 0.1) is 12.8 Å². The minimum absolute atomic E-state index is 0.0212. The van der Waals surface area contributed by atoms with Crippen LogP contribution in [0.15, 0.2) is 27.4 Å². The Labute approximate surface area is 165 Å². The van der Waals surface area contributed by atoms with Gasteiger partial charge < -0.3 is 19.6 Å². The topological polar surface area (TPSA) is 126 Å². The number of aromatic hydroxyl groups is 1. The molecule has 2 aliphatic rings. The highest BCUT2D eigenvalue weighted by Gasteiger charge is 2.56. The smallest absolute Gasteiger partial charge is 0.336 e. The number of fused-ring (bicyclic) bond motifs is 1. The van der Waals surface area contributed by atoms with Gasteiger partial charge in [-0.3, -0.25) is 14.5 Å². The Bertz CT molecular complexity index is 1100. The standard InChI is InChI=1S/C20H20N2O7/c1-10-14(23)6-5-13-11(7-15(24)29-17(10)13)9-28-16(25)8-22-18(26)20(2,12-3-4-12)21-19(22)27/h5-7,12,23H,3-4,8-9H2,1-2H3,(H,21,27)/t20-/m1/s1. The van der Waals surface area contributed by atoms with Gasteiger partial charge >= 0.3 is 17.6 Å². The average Bonchev–Trinajstić information content (AvgIpc) is 3.49. The van der Waals surface area contributed by atoms with Gasteiger partial charge in [0, 0.05) is 22.6 Å². The van der Waals surface area contributed by atoms with E-state index in [0.717, 1.165) is 17.7 Å². The Balaban J connectivity index is 1.48. The molecular weight excluding hydrogens is 380 g/mol. The van der Waals surface area contributed by atoms with E-state index in [4.69, 9.17) is 9.15 Å². The van der Waals surface area contributed by atoms with Crippen molar-refractivity contribution in [2.24, 2.45) is 5.92 Å². The third-order valence-electron chi connectivity index (χ3n) is 5.59. The summed E-state index contributed by atoms with van der Waals surface area (Å²) in [7, 11) is 0. The van der Waals surface area contributed by atoms with Crippen LogP contribution in [-0.2, 0) is 20.9 Å². The van der Waals surface area contributed by atoms with Gasteiger partial charge in [-0.15, -0.1) is 0 Å². The number of hydrogen-bond donors (Lipinski definition) is 2. The van der Waals surface area contributed by atoms with Crippen molar-refractivity contribution >= 4 is 28.9 Å². The van der Waals surface area contributed by atoms with Gasteiger partial charge in [-0.05, 0) is 44.7 Å². The molecule has 3 amide bonds. The van der Waals surface area contributed by atoms with Crippen molar-refractivity contribution in [2.75, 3.05) is 6.54 Å². The molecule has 1 aromatic heterocycles. The molecule has 1 saturated heterocycles. The molecular formula is C20H20N2O7. The van der Waals surface area contributed by atoms with Crippen LogP contribution in [-0.4, -0.2) is 40.0 Å². The summed E-state index contributed by atoms with van der Waals surface area (Å²) in [6.45, 7) is 2.52. The predicted octanol–water partition coefficient (Wildman–Crippen LogP) is 1.57. The molecule has 1 aliphatic heterocycles. The average molecular weight is 400 g/mol. The predicted molar refractivity (Wildman–Crippen MR) is 100 cm³/mol. The molecule has 4 rings (SSSR count). The molecule has 2 N–H and O–H groups in total. The fourth-order valence-electron chi connectivity index (χ4n) is 3.66. The first-order chi connectivity index (χ1) is 13.7. The maximum absolute atomic E-state index is 12.6. The Morgan fingerprint density at radius 1 is 1.34 bits per heavy atom. The second-order valence-corrected chi connectivity index (χ2v) is 7.64. The summed E-state index contributed by atoms with van der Waals surface area (Å²) in [5.74, 6) is -1.13. The fourth-order valence-corrected chi connectivity index (χ4v) is 3.66. The van der Waals surface area contributed by atoms with Gasteiger partial charge in [0.15, 0.2) is 0 Å². The van der Waals surface area contributed by atoms with E-state index >= 15 is 0 Å². The minimum atomic E-state index is -0.967. The normalized spacial score (nSPS) is 21.5. The third kappa shape index (κ3) is 3.22. The van der Waals surface area contributed by atoms with Gasteiger partial charge in [-0.1, -0.05) is 0 Å². The second kappa shape index (κ2) is 6.61. The maximum Gasteiger partial charge on any atom is 0.336 e. The van der Waals surface area contributed by atoms with Crippen molar-refractivity contribution in [3.63, 3.8) is 0 Å². The number of aryl methyl sites for hydroxylation is 1. The number of hydrogen-bond acceptors (Lipinski definition) is 7. The summed E-state index contributed by atoms with van der Waals surface area (Å²) in [6, 6.07) is 3.60. The molecule has 29 heavy (non-hydrogen) atoms. The summed E-state index contributed by atoms with van der Waals surface area (Å²) < 4.78 is 10.4. The summed E-state index contributed by atoms with van der Waals surface area (Å²) >= 11 is 0. The number of urea groups is 1. The Hall–Kier alpha value is -3.36. The number of phenolic OH excluding ortho intramolecular Hbond substituents is 1. The first kappa shape index (κ1) is 19.0. The van der Waals surface area contributed by atoms with Crippen molar-refractivity contribution in [3.8, 4) is 5.75 Å². The lowest BCUT2D eigenvalue weighted by atomic mass is 9.96. The summed E-state index contributed by atoms with van der Waals surface area (Å²) in [5.41, 5.74) is -0.616. The zero-order chi connectivity index (χ0) is 20.9. The number of benzene rings is 1. The van der Waals surface area contributed by atoms with Crippen molar-refractivity contribution in [1.29, 1.82) is 0 Å². The molecule has 1 aliphatic carbocycles. The molecule has 1 saturated carbocycles. The summed E-state index contributed by atoms with van der Waals surface area (Å²) in [4.78, 5) is 49.7. The molecule has 2 aromatic rings. The largest absolute Gasteiger partial charge is 0.508 e. The van der Waals surface area contributed by atoms with Crippen LogP contribution < -0.4 is 10.9 Å². The summed E-state index contributed by atoms with van der Waals surface area (Å²) in [6.07, 6.45) is 1.72. The Morgan fingerprint density at radius 2 is 2.07 bits per heavy atom. The Morgan fingerprint density at radius 3 is 2.76 bits per heavy atom. The van der Waals surface area contributed by atoms with Gasteiger partial charge in [0.1, 0.15) is 30.0 Å². The highest BCUT2D eigenvalue weighted by Crippen LogP contribution is 2.42. The first-order valence-electron chi connectivity index (χ1n) is 9.25. The van der Waals surface area contributed by atoms with Gasteiger partial charge in [0.25, 0.3) is 5.91 Å². The Kier molecular flexibility index (Phi) is 4.33. The molecule has 1 aromatic carbocycles. The van der Waals surface area contributed by atoms with E-state index in [1.54, 1.807) is 19.9 Å². The second-order valence-electron chi connectivity index (χ2n) is 7.64. The number of esters is 1. The number of carbonyl (C=O) groups is 3. The zero-order valence-electron chi connectivity index (χ0n) is 16.0. The molecule has 0 bridgehead atoms. The quantitative estimate of drug-likeness (QED) is 0.443. The molecule has 2 fully saturated rings. The number of phenols is 1. The molecule has 0 radical (unpaired) electrons. The number of carbonyl (C=O) groups excluding carboxylic acids is 3. The van der Waals surface area contributed by atoms with Crippen LogP contribution in [0.1, 0.15) is 30.9 Å². The van der Waals surface area contributed by atoms with E-state index in [1.807, 2.05) is 0 Å². The van der Waals surface area contributed by atoms with Crippen molar-refractivity contribution in [2.45, 2.75) is 38.8 Å². The van der Waals surface area contributed by atoms with E-state index < -0.39 is 35.6 Å². The summed E-state index contributed by atoms with van der Waals surface area (Å²) in [5, 5.41) is 13.0. The minimum Gasteiger partial charge on any atom is -0.508 e. The highest BCUT2D eigenvalue weighted by molar-refractivity contribution is 6.08. The number of ether oxygens (including phenoxy) is 1. The molecule has 0 unspecified atom stereocenters. The lowest BCUT2D eigenvalue weighted by Gasteiger charge is -2.20. The van der Waals surface area contributed by atoms with E-state index in [0.29, 0.717) is 16.5 Å². The van der Waals surface area contributed by atoms with Gasteiger partial charge in [-0.2, -0.15) is 0 Å². The van der Waals surface area contributed by atoms with Gasteiger partial charge in [0.05, 0.1) is 0 Å². The molecule has 152 valence electrons. The van der Waals surface area contributed by atoms with Crippen LogP contribution in [0.2, 0.25) is 0 Å². The van der Waals surface area contributed by atoms with Crippen molar-refractivity contribution in [3.05, 3.63) is 39.7 Å². The molecule has 1 atom stereocenters. The highest BCUT2D eigenvalue weighted by atomic mass is 16.5. The van der Waals surface area contributed by atoms with Crippen LogP contribution >= 0.6 is 0 Å². The molecule has 9 heteroatoms. The van der Waals surface area contributed by atoms with Crippen molar-refractivity contribution < 1.29 is 28.6 Å². The van der Waals surface area contributed by atoms with E-state index in [2.05, 4.69) is 5.32 Å². The fraction of sp³-hybridized carbons (Fsp3) is 0.400. The number of nitrogens with zero attached hydrogens (tertiary/aromatic N) is 1. The van der Waals surface area contributed by atoms with Crippen molar-refractivity contribution in [1.82, 2.24) is 10.2 Å². The molecule has 2 heterocycles. The van der Waals surface area contributed by atoms with Gasteiger partial charge in [-0.25, -0.2) is 9.59 Å². The van der Waals surface area contributed by atoms with Gasteiger partial charge in [0.2, 0.25) is 0 Å². The molecule has 9 nitrogen and oxygen atoms in total. The SMILES string of the molecule is Cc1c(O)ccc2c(COC(=O)CN3C(=O)N[C@](C)(C4CC4)C3=O)cc(=O)oc12. The number of imide groups is 1. The van der Waals surface area contributed by atoms with Crippen LogP contribution in [0.25, 0.3) is 11.0 Å². The monoisotopic (exact) mass is 400 g/mol. The number of nitrogens with one attached hydrogen (secondary N) is 1. The zero-order valence-corrected chi connectivity index (χ0v) is 16.0. The first-order valence-corrected chi connectivity index (χ1v) is 9.25. The van der Waals surface area contributed by atoms with E-state index in [1.165, 1.54) is 12.1 Å². The van der Waals surface area contributed by atoms with E-state index in [-0.39, 0.29) is 23.9 Å². The lowest BCUT2D eigenvalue weighted by Crippen LogP contribution is -2.46. The van der Waals surface area contributed by atoms with Crippen LogP contribution in [0.4, 0.5) is 4.79 Å². The number of amides is 3. The number of rotatable bonds is 5. The van der Waals surface area contributed by atoms with Crippen LogP contribution in [0.3, 0.4) is 0 Å². The van der Waals surface area contributed by atoms with Crippen LogP contribution in [0.5, 0.6) is 5.75 Å². The molecule has 0 spiro atoms. The maximum atomic E-state index is 12.6. The van der Waals surface area contributed by atoms with E-state index in [9.17, 15) is 24.3 Å².